The maximum Gasteiger partial charge on any atom is 0.251 e. The normalized spacial score (nSPS) is 10.8. The zero-order valence-corrected chi connectivity index (χ0v) is 19.3. The molecule has 0 amide bonds. The average molecular weight is 482 g/mol. The van der Waals surface area contributed by atoms with Crippen molar-refractivity contribution in [3.05, 3.63) is 111 Å². The molecule has 5 rings (SSSR count). The van der Waals surface area contributed by atoms with Crippen molar-refractivity contribution in [3.8, 4) is 40.0 Å². The molecule has 0 fully saturated rings. The van der Waals surface area contributed by atoms with Gasteiger partial charge in [-0.2, -0.15) is 5.10 Å². The molecular formula is C28H20ClN3O3. The molecule has 0 aliphatic heterocycles. The molecule has 5 aromatic rings. The largest absolute Gasteiger partial charge is 0.507 e. The third-order valence-corrected chi connectivity index (χ3v) is 5.88. The Labute approximate surface area is 206 Å². The van der Waals surface area contributed by atoms with E-state index in [-0.39, 0.29) is 17.9 Å². The summed E-state index contributed by atoms with van der Waals surface area (Å²) in [5.41, 5.74) is 5.12. The predicted octanol–water partition coefficient (Wildman–Crippen LogP) is 4.65. The number of H-pyrrole nitrogens is 1. The van der Waals surface area contributed by atoms with Gasteiger partial charge in [-0.15, -0.1) is 0 Å². The highest BCUT2D eigenvalue weighted by Crippen LogP contribution is 2.34. The summed E-state index contributed by atoms with van der Waals surface area (Å²) >= 11 is 6.12. The molecule has 2 aromatic heterocycles. The van der Waals surface area contributed by atoms with E-state index in [0.717, 1.165) is 22.4 Å². The highest BCUT2D eigenvalue weighted by molar-refractivity contribution is 6.30. The molecule has 0 unspecified atom stereocenters. The number of hydrogen-bond donors (Lipinski definition) is 3. The topological polar surface area (TPSA) is 90.6 Å². The summed E-state index contributed by atoms with van der Waals surface area (Å²) in [5, 5.41) is 25.2. The van der Waals surface area contributed by atoms with Crippen molar-refractivity contribution >= 4 is 17.2 Å². The van der Waals surface area contributed by atoms with Gasteiger partial charge in [0.25, 0.3) is 5.56 Å². The molecule has 0 spiro atoms. The van der Waals surface area contributed by atoms with E-state index in [1.54, 1.807) is 28.8 Å². The maximum atomic E-state index is 12.8. The third kappa shape index (κ3) is 4.56. The van der Waals surface area contributed by atoms with Crippen molar-refractivity contribution in [2.24, 2.45) is 0 Å². The Kier molecular flexibility index (Phi) is 6.11. The van der Waals surface area contributed by atoms with Crippen LogP contribution in [0.15, 0.2) is 83.7 Å². The van der Waals surface area contributed by atoms with Crippen LogP contribution in [0.25, 0.3) is 28.0 Å². The first-order valence-corrected chi connectivity index (χ1v) is 11.3. The van der Waals surface area contributed by atoms with E-state index < -0.39 is 0 Å². The minimum Gasteiger partial charge on any atom is -0.507 e. The number of benzene rings is 3. The molecule has 0 radical (unpaired) electrons. The quantitative estimate of drug-likeness (QED) is 0.326. The van der Waals surface area contributed by atoms with E-state index in [0.29, 0.717) is 33.9 Å². The molecule has 35 heavy (non-hydrogen) atoms. The summed E-state index contributed by atoms with van der Waals surface area (Å²) < 4.78 is 1.65. The molecule has 7 heteroatoms. The van der Waals surface area contributed by atoms with Crippen LogP contribution >= 0.6 is 11.6 Å². The lowest BCUT2D eigenvalue weighted by atomic mass is 10.0. The van der Waals surface area contributed by atoms with Crippen LogP contribution < -0.4 is 5.56 Å². The van der Waals surface area contributed by atoms with Crippen molar-refractivity contribution in [2.45, 2.75) is 6.42 Å². The number of aliphatic hydroxyl groups excluding tert-OH is 1. The second-order valence-corrected chi connectivity index (χ2v) is 8.40. The number of hydrogen-bond acceptors (Lipinski definition) is 4. The standard InChI is InChI=1S/C28H20ClN3O3/c29-21-11-9-20(10-12-21)27-23(15-18-5-2-1-3-6-18)31-32-24(17-26(35)30-28(27)32)22-13-8-19(7-4-14-33)16-25(22)34/h1-3,5-6,8-13,16-17,33-34H,14-15H2,(H,30,35). The van der Waals surface area contributed by atoms with E-state index in [1.807, 2.05) is 42.5 Å². The Balaban J connectivity index is 1.75. The number of nitrogens with one attached hydrogen (secondary N) is 1. The summed E-state index contributed by atoms with van der Waals surface area (Å²) in [5.74, 6) is 5.28. The van der Waals surface area contributed by atoms with Crippen LogP contribution in [0.4, 0.5) is 0 Å². The van der Waals surface area contributed by atoms with Crippen LogP contribution in [0.1, 0.15) is 16.8 Å². The molecule has 0 aliphatic carbocycles. The lowest BCUT2D eigenvalue weighted by molar-refractivity contribution is 0.350. The third-order valence-electron chi connectivity index (χ3n) is 5.63. The van der Waals surface area contributed by atoms with Crippen molar-refractivity contribution in [3.63, 3.8) is 0 Å². The van der Waals surface area contributed by atoms with Gasteiger partial charge in [0.05, 0.1) is 11.4 Å². The Morgan fingerprint density at radius 3 is 2.49 bits per heavy atom. The van der Waals surface area contributed by atoms with Gasteiger partial charge in [0.15, 0.2) is 0 Å². The molecule has 0 saturated carbocycles. The smallest absolute Gasteiger partial charge is 0.251 e. The lowest BCUT2D eigenvalue weighted by Crippen LogP contribution is -2.10. The fraction of sp³-hybridized carbons (Fsp3) is 0.0714. The fourth-order valence-corrected chi connectivity index (χ4v) is 4.21. The number of aliphatic hydroxyl groups is 1. The van der Waals surface area contributed by atoms with Gasteiger partial charge in [0.1, 0.15) is 18.0 Å². The summed E-state index contributed by atoms with van der Waals surface area (Å²) in [4.78, 5) is 15.7. The Morgan fingerprint density at radius 2 is 1.77 bits per heavy atom. The van der Waals surface area contributed by atoms with Crippen LogP contribution in [-0.4, -0.2) is 31.4 Å². The Hall–Kier alpha value is -4.31. The van der Waals surface area contributed by atoms with Crippen LogP contribution in [0.5, 0.6) is 5.75 Å². The zero-order chi connectivity index (χ0) is 24.4. The van der Waals surface area contributed by atoms with E-state index in [2.05, 4.69) is 16.8 Å². The van der Waals surface area contributed by atoms with Crippen molar-refractivity contribution in [1.29, 1.82) is 0 Å². The van der Waals surface area contributed by atoms with Crippen LogP contribution in [-0.2, 0) is 6.42 Å². The molecule has 0 aliphatic rings. The summed E-state index contributed by atoms with van der Waals surface area (Å²) in [6, 6.07) is 23.7. The number of aromatic hydroxyl groups is 1. The van der Waals surface area contributed by atoms with Gasteiger partial charge in [0, 0.05) is 34.2 Å². The average Bonchev–Trinajstić information content (AvgIpc) is 3.21. The fourth-order valence-electron chi connectivity index (χ4n) is 4.08. The number of aromatic nitrogens is 3. The molecule has 0 saturated heterocycles. The number of halogens is 1. The van der Waals surface area contributed by atoms with Gasteiger partial charge < -0.3 is 15.2 Å². The highest BCUT2D eigenvalue weighted by atomic mass is 35.5. The van der Waals surface area contributed by atoms with Gasteiger partial charge in [-0.1, -0.05) is 65.9 Å². The monoisotopic (exact) mass is 481 g/mol. The number of rotatable bonds is 4. The second-order valence-electron chi connectivity index (χ2n) is 7.96. The van der Waals surface area contributed by atoms with E-state index in [9.17, 15) is 9.90 Å². The summed E-state index contributed by atoms with van der Waals surface area (Å²) in [7, 11) is 0. The minimum absolute atomic E-state index is 0.0465. The highest BCUT2D eigenvalue weighted by Gasteiger charge is 2.20. The van der Waals surface area contributed by atoms with Crippen molar-refractivity contribution in [1.82, 2.24) is 14.6 Å². The Morgan fingerprint density at radius 1 is 1.00 bits per heavy atom. The number of aromatic amines is 1. The van der Waals surface area contributed by atoms with Gasteiger partial charge in [-0.25, -0.2) is 4.52 Å². The first-order valence-electron chi connectivity index (χ1n) is 10.9. The SMILES string of the molecule is O=c1cc(-c2ccc(C#CCO)cc2O)n2nc(Cc3ccccc3)c(-c3ccc(Cl)cc3)c2[nH]1. The van der Waals surface area contributed by atoms with E-state index >= 15 is 0 Å². The molecule has 3 N–H and O–H groups in total. The summed E-state index contributed by atoms with van der Waals surface area (Å²) in [6.45, 7) is -0.276. The zero-order valence-electron chi connectivity index (χ0n) is 18.5. The number of phenolic OH excluding ortho intramolecular Hbond substituents is 1. The maximum absolute atomic E-state index is 12.8. The van der Waals surface area contributed by atoms with Gasteiger partial charge in [-0.05, 0) is 41.5 Å². The van der Waals surface area contributed by atoms with Crippen LogP contribution in [0.2, 0.25) is 5.02 Å². The number of phenols is 1. The number of fused-ring (bicyclic) bond motifs is 1. The molecule has 0 atom stereocenters. The molecule has 0 bridgehead atoms. The molecule has 3 aromatic carbocycles. The molecular weight excluding hydrogens is 462 g/mol. The van der Waals surface area contributed by atoms with Gasteiger partial charge in [-0.3, -0.25) is 4.79 Å². The van der Waals surface area contributed by atoms with Gasteiger partial charge >= 0.3 is 0 Å². The second kappa shape index (κ2) is 9.51. The molecule has 2 heterocycles. The van der Waals surface area contributed by atoms with Crippen LogP contribution in [0.3, 0.4) is 0 Å². The Bertz CT molecular complexity index is 1640. The van der Waals surface area contributed by atoms with E-state index in [1.165, 1.54) is 12.1 Å². The van der Waals surface area contributed by atoms with Crippen molar-refractivity contribution in [2.75, 3.05) is 6.61 Å². The van der Waals surface area contributed by atoms with Crippen molar-refractivity contribution < 1.29 is 10.2 Å². The molecule has 6 nitrogen and oxygen atoms in total. The predicted molar refractivity (Wildman–Crippen MR) is 137 cm³/mol. The first-order chi connectivity index (χ1) is 17.0. The minimum atomic E-state index is -0.322. The van der Waals surface area contributed by atoms with Crippen LogP contribution in [0, 0.1) is 11.8 Å². The number of nitrogens with zero attached hydrogens (tertiary/aromatic N) is 2. The van der Waals surface area contributed by atoms with Gasteiger partial charge in [0.2, 0.25) is 0 Å². The lowest BCUT2D eigenvalue weighted by Gasteiger charge is -2.08. The molecule has 172 valence electrons. The van der Waals surface area contributed by atoms with E-state index in [4.69, 9.17) is 21.8 Å². The summed E-state index contributed by atoms with van der Waals surface area (Å²) in [6.07, 6.45) is 0.545. The first kappa shape index (κ1) is 22.5.